The third kappa shape index (κ3) is 3.27. The van der Waals surface area contributed by atoms with Crippen LogP contribution in [0.1, 0.15) is 6.92 Å². The fourth-order valence-corrected chi connectivity index (χ4v) is 0.392. The van der Waals surface area contributed by atoms with E-state index in [0.29, 0.717) is 6.54 Å². The number of nitrogens with zero attached hydrogens (tertiary/aromatic N) is 1. The van der Waals surface area contributed by atoms with Crippen LogP contribution in [0.5, 0.6) is 0 Å². The van der Waals surface area contributed by atoms with E-state index in [-0.39, 0.29) is 5.47 Å². The van der Waals surface area contributed by atoms with E-state index < -0.39 is 7.12 Å². The summed E-state index contributed by atoms with van der Waals surface area (Å²) in [6.45, 7) is 2.44. The first-order chi connectivity index (χ1) is 4.72. The van der Waals surface area contributed by atoms with Crippen LogP contribution in [0.15, 0.2) is 16.7 Å². The van der Waals surface area contributed by atoms with Crippen LogP contribution >= 0.6 is 0 Å². The minimum absolute atomic E-state index is 0.210. The smallest absolute Gasteiger partial charge is 0.423 e. The SMILES string of the molecule is CCN=C/C(=C\N)B(O)O. The molecule has 0 spiro atoms. The van der Waals surface area contributed by atoms with Gasteiger partial charge in [0, 0.05) is 18.2 Å². The van der Waals surface area contributed by atoms with Crippen molar-refractivity contribution in [2.24, 2.45) is 10.7 Å². The van der Waals surface area contributed by atoms with E-state index >= 15 is 0 Å². The summed E-state index contributed by atoms with van der Waals surface area (Å²) >= 11 is 0. The van der Waals surface area contributed by atoms with Crippen molar-refractivity contribution < 1.29 is 10.0 Å². The largest absolute Gasteiger partial charge is 0.491 e. The van der Waals surface area contributed by atoms with Crippen LogP contribution in [0.2, 0.25) is 0 Å². The molecule has 0 rings (SSSR count). The van der Waals surface area contributed by atoms with Gasteiger partial charge in [-0.15, -0.1) is 0 Å². The molecule has 0 aliphatic carbocycles. The maximum Gasteiger partial charge on any atom is 0.491 e. The van der Waals surface area contributed by atoms with Gasteiger partial charge in [-0.1, -0.05) is 0 Å². The van der Waals surface area contributed by atoms with Gasteiger partial charge in [0.15, 0.2) is 0 Å². The Bertz CT molecular complexity index is 145. The minimum Gasteiger partial charge on any atom is -0.423 e. The van der Waals surface area contributed by atoms with E-state index in [1.165, 1.54) is 6.21 Å². The lowest BCUT2D eigenvalue weighted by Gasteiger charge is -1.95. The summed E-state index contributed by atoms with van der Waals surface area (Å²) in [6, 6.07) is 0. The van der Waals surface area contributed by atoms with Crippen molar-refractivity contribution in [3.8, 4) is 0 Å². The number of allylic oxidation sites excluding steroid dienone is 1. The summed E-state index contributed by atoms with van der Waals surface area (Å²) in [4.78, 5) is 3.77. The number of hydrogen-bond acceptors (Lipinski definition) is 4. The lowest BCUT2D eigenvalue weighted by molar-refractivity contribution is 0.422. The monoisotopic (exact) mass is 142 g/mol. The fraction of sp³-hybridized carbons (Fsp3) is 0.400. The average Bonchev–Trinajstić information content (AvgIpc) is 1.89. The maximum absolute atomic E-state index is 8.55. The van der Waals surface area contributed by atoms with Crippen LogP contribution in [0, 0.1) is 0 Å². The van der Waals surface area contributed by atoms with Crippen molar-refractivity contribution in [3.63, 3.8) is 0 Å². The molecule has 0 radical (unpaired) electrons. The van der Waals surface area contributed by atoms with Crippen LogP contribution in [-0.4, -0.2) is 29.9 Å². The summed E-state index contributed by atoms with van der Waals surface area (Å²) in [5.41, 5.74) is 5.25. The van der Waals surface area contributed by atoms with E-state index in [0.717, 1.165) is 6.20 Å². The summed E-state index contributed by atoms with van der Waals surface area (Å²) < 4.78 is 0. The third-order valence-corrected chi connectivity index (χ3v) is 0.914. The second kappa shape index (κ2) is 5.02. The molecule has 0 saturated heterocycles. The van der Waals surface area contributed by atoms with Crippen LogP contribution in [0.4, 0.5) is 0 Å². The fourth-order valence-electron chi connectivity index (χ4n) is 0.392. The zero-order valence-electron chi connectivity index (χ0n) is 5.86. The Morgan fingerprint density at radius 1 is 1.70 bits per heavy atom. The molecule has 0 aliphatic heterocycles. The highest BCUT2D eigenvalue weighted by Gasteiger charge is 2.10. The first kappa shape index (κ1) is 9.19. The molecule has 10 heavy (non-hydrogen) atoms. The van der Waals surface area contributed by atoms with Crippen LogP contribution in [0.3, 0.4) is 0 Å². The molecule has 0 saturated carbocycles. The number of nitrogens with two attached hydrogens (primary N) is 1. The van der Waals surface area contributed by atoms with Gasteiger partial charge in [0.25, 0.3) is 0 Å². The van der Waals surface area contributed by atoms with Gasteiger partial charge >= 0.3 is 7.12 Å². The number of aliphatic imine (C=N–C) groups is 1. The number of rotatable bonds is 3. The Labute approximate surface area is 60.2 Å². The van der Waals surface area contributed by atoms with Gasteiger partial charge < -0.3 is 15.8 Å². The minimum atomic E-state index is -1.53. The van der Waals surface area contributed by atoms with E-state index in [1.807, 2.05) is 6.92 Å². The molecule has 0 fully saturated rings. The topological polar surface area (TPSA) is 78.8 Å². The Kier molecular flexibility index (Phi) is 4.61. The van der Waals surface area contributed by atoms with Crippen molar-refractivity contribution in [2.75, 3.05) is 6.54 Å². The molecule has 0 aromatic rings. The van der Waals surface area contributed by atoms with Gasteiger partial charge in [0.05, 0.1) is 0 Å². The quantitative estimate of drug-likeness (QED) is 0.346. The van der Waals surface area contributed by atoms with Crippen molar-refractivity contribution in [2.45, 2.75) is 6.92 Å². The normalized spacial score (nSPS) is 12.5. The van der Waals surface area contributed by atoms with Crippen molar-refractivity contribution in [1.29, 1.82) is 0 Å². The lowest BCUT2D eigenvalue weighted by atomic mass is 9.81. The Morgan fingerprint density at radius 3 is 2.60 bits per heavy atom. The van der Waals surface area contributed by atoms with E-state index in [4.69, 9.17) is 15.8 Å². The molecule has 0 heterocycles. The van der Waals surface area contributed by atoms with E-state index in [1.54, 1.807) is 0 Å². The Balaban J connectivity index is 3.98. The summed E-state index contributed by atoms with van der Waals surface area (Å²) in [5, 5.41) is 17.1. The Morgan fingerprint density at radius 2 is 2.30 bits per heavy atom. The first-order valence-corrected chi connectivity index (χ1v) is 3.00. The second-order valence-electron chi connectivity index (χ2n) is 1.67. The highest BCUT2D eigenvalue weighted by atomic mass is 16.4. The third-order valence-electron chi connectivity index (χ3n) is 0.914. The Hall–Kier alpha value is -0.805. The molecule has 56 valence electrons. The van der Waals surface area contributed by atoms with E-state index in [9.17, 15) is 0 Å². The summed E-state index contributed by atoms with van der Waals surface area (Å²) in [5.74, 6) is 0. The molecule has 0 aromatic heterocycles. The van der Waals surface area contributed by atoms with E-state index in [2.05, 4.69) is 4.99 Å². The van der Waals surface area contributed by atoms with Gasteiger partial charge in [-0.2, -0.15) is 0 Å². The average molecular weight is 142 g/mol. The first-order valence-electron chi connectivity index (χ1n) is 3.00. The van der Waals surface area contributed by atoms with Crippen LogP contribution < -0.4 is 5.73 Å². The molecule has 4 nitrogen and oxygen atoms in total. The number of hydrogen-bond donors (Lipinski definition) is 3. The molecule has 0 unspecified atom stereocenters. The van der Waals surface area contributed by atoms with Gasteiger partial charge in [-0.25, -0.2) is 0 Å². The molecule has 0 amide bonds. The highest BCUT2D eigenvalue weighted by Crippen LogP contribution is 1.88. The van der Waals surface area contributed by atoms with Crippen molar-refractivity contribution >= 4 is 13.3 Å². The lowest BCUT2D eigenvalue weighted by Crippen LogP contribution is -2.17. The van der Waals surface area contributed by atoms with Gasteiger partial charge in [0.2, 0.25) is 0 Å². The molecule has 0 aliphatic rings. The molecular weight excluding hydrogens is 131 g/mol. The predicted molar refractivity (Wildman–Crippen MR) is 41.5 cm³/mol. The van der Waals surface area contributed by atoms with Crippen molar-refractivity contribution in [1.82, 2.24) is 0 Å². The summed E-state index contributed by atoms with van der Waals surface area (Å²) in [7, 11) is -1.53. The van der Waals surface area contributed by atoms with Gasteiger partial charge in [-0.3, -0.25) is 4.99 Å². The summed E-state index contributed by atoms with van der Waals surface area (Å²) in [6.07, 6.45) is 2.45. The van der Waals surface area contributed by atoms with Crippen LogP contribution in [0.25, 0.3) is 0 Å². The van der Waals surface area contributed by atoms with Crippen LogP contribution in [-0.2, 0) is 0 Å². The van der Waals surface area contributed by atoms with Gasteiger partial charge in [0.1, 0.15) is 0 Å². The molecule has 0 atom stereocenters. The second-order valence-corrected chi connectivity index (χ2v) is 1.67. The maximum atomic E-state index is 8.55. The van der Waals surface area contributed by atoms with Gasteiger partial charge in [-0.05, 0) is 13.1 Å². The molecule has 5 heteroatoms. The highest BCUT2D eigenvalue weighted by molar-refractivity contribution is 6.56. The molecule has 0 bridgehead atoms. The predicted octanol–water partition coefficient (Wildman–Crippen LogP) is -1.07. The molecular formula is C5H11BN2O2. The molecule has 4 N–H and O–H groups in total. The zero-order valence-corrected chi connectivity index (χ0v) is 5.86. The molecule has 0 aromatic carbocycles. The zero-order chi connectivity index (χ0) is 7.98. The standard InChI is InChI=1S/C5H11BN2O2/c1-2-8-4-5(3-7)6(9)10/h3-4,9-10H,2,7H2,1H3/b5-3+,8-4?. The van der Waals surface area contributed by atoms with Crippen molar-refractivity contribution in [3.05, 3.63) is 11.7 Å².